The Labute approximate surface area is 185 Å². The fourth-order valence-electron chi connectivity index (χ4n) is 3.34. The monoisotopic (exact) mass is 454 g/mol. The van der Waals surface area contributed by atoms with Gasteiger partial charge in [0.2, 0.25) is 0 Å². The van der Waals surface area contributed by atoms with Crippen LogP contribution in [-0.2, 0) is 16.1 Å². The minimum atomic E-state index is -2.88. The second-order valence-electron chi connectivity index (χ2n) is 8.32. The van der Waals surface area contributed by atoms with E-state index in [4.69, 9.17) is 4.74 Å². The summed E-state index contributed by atoms with van der Waals surface area (Å²) in [5.41, 5.74) is 0.149. The molecule has 0 radical (unpaired) electrons. The average Bonchev–Trinajstić information content (AvgIpc) is 3.08. The molecule has 2 aromatic rings. The molecule has 3 rings (SSSR count). The van der Waals surface area contributed by atoms with E-state index in [0.29, 0.717) is 17.4 Å². The predicted molar refractivity (Wildman–Crippen MR) is 114 cm³/mol. The molecule has 0 unspecified atom stereocenters. The summed E-state index contributed by atoms with van der Waals surface area (Å²) in [5.74, 6) is 0.555. The fourth-order valence-corrected chi connectivity index (χ4v) is 4.09. The number of rotatable bonds is 8. The molecule has 1 saturated heterocycles. The molecule has 0 N–H and O–H groups in total. The van der Waals surface area contributed by atoms with Crippen LogP contribution in [0.3, 0.4) is 0 Å². The van der Waals surface area contributed by atoms with Gasteiger partial charge in [-0.05, 0) is 71.0 Å². The van der Waals surface area contributed by atoms with E-state index in [1.807, 2.05) is 25.3 Å². The van der Waals surface area contributed by atoms with E-state index in [9.17, 15) is 13.6 Å². The van der Waals surface area contributed by atoms with Crippen molar-refractivity contribution in [3.05, 3.63) is 30.1 Å². The molecule has 0 aliphatic carbocycles. The predicted octanol–water partition coefficient (Wildman–Crippen LogP) is 4.29. The van der Waals surface area contributed by atoms with Crippen LogP contribution in [0.4, 0.5) is 8.78 Å². The second-order valence-corrected chi connectivity index (χ2v) is 9.26. The maximum atomic E-state index is 12.5. The lowest BCUT2D eigenvalue weighted by Gasteiger charge is -2.26. The SMILES string of the molecule is CC(C)(C)OC(=O)CSc1nnc(CN2CCCCC2)n1-c1ccc(OC(F)F)cc1. The van der Waals surface area contributed by atoms with Gasteiger partial charge in [-0.15, -0.1) is 10.2 Å². The van der Waals surface area contributed by atoms with Gasteiger partial charge in [0.25, 0.3) is 0 Å². The normalized spacial score (nSPS) is 15.3. The molecule has 1 fully saturated rings. The molecule has 0 bridgehead atoms. The van der Waals surface area contributed by atoms with Crippen molar-refractivity contribution < 1.29 is 23.0 Å². The van der Waals surface area contributed by atoms with Crippen LogP contribution in [0.1, 0.15) is 45.9 Å². The number of likely N-dealkylation sites (tertiary alicyclic amines) is 1. The second kappa shape index (κ2) is 10.4. The van der Waals surface area contributed by atoms with Gasteiger partial charge in [0, 0.05) is 5.69 Å². The number of piperidine rings is 1. The van der Waals surface area contributed by atoms with Crippen LogP contribution in [0.25, 0.3) is 5.69 Å². The summed E-state index contributed by atoms with van der Waals surface area (Å²) >= 11 is 1.23. The molecule has 0 spiro atoms. The minimum absolute atomic E-state index is 0.0763. The van der Waals surface area contributed by atoms with Crippen molar-refractivity contribution >= 4 is 17.7 Å². The number of benzene rings is 1. The Hall–Kier alpha value is -2.20. The Kier molecular flexibility index (Phi) is 7.88. The molecule has 0 amide bonds. The summed E-state index contributed by atoms with van der Waals surface area (Å²) in [7, 11) is 0. The third kappa shape index (κ3) is 7.17. The van der Waals surface area contributed by atoms with Gasteiger partial charge >= 0.3 is 12.6 Å². The van der Waals surface area contributed by atoms with E-state index < -0.39 is 12.2 Å². The lowest BCUT2D eigenvalue weighted by molar-refractivity contribution is -0.151. The summed E-state index contributed by atoms with van der Waals surface area (Å²) in [5, 5.41) is 9.19. The van der Waals surface area contributed by atoms with Gasteiger partial charge < -0.3 is 9.47 Å². The van der Waals surface area contributed by atoms with Crippen molar-refractivity contribution in [2.24, 2.45) is 0 Å². The average molecular weight is 455 g/mol. The zero-order valence-electron chi connectivity index (χ0n) is 18.0. The first-order chi connectivity index (χ1) is 14.7. The number of alkyl halides is 2. The standard InChI is InChI=1S/C21H28F2N4O3S/c1-21(2,3)30-18(28)14-31-20-25-24-17(13-26-11-5-4-6-12-26)27(20)15-7-9-16(10-8-15)29-19(22)23/h7-10,19H,4-6,11-14H2,1-3H3. The van der Waals surface area contributed by atoms with E-state index in [1.54, 1.807) is 12.1 Å². The van der Waals surface area contributed by atoms with Crippen LogP contribution in [0.5, 0.6) is 5.75 Å². The van der Waals surface area contributed by atoms with Gasteiger partial charge in [-0.25, -0.2) is 0 Å². The van der Waals surface area contributed by atoms with Crippen molar-refractivity contribution in [2.75, 3.05) is 18.8 Å². The molecule has 0 saturated carbocycles. The number of halogens is 2. The zero-order valence-corrected chi connectivity index (χ0v) is 18.8. The maximum absolute atomic E-state index is 12.5. The summed E-state index contributed by atoms with van der Waals surface area (Å²) in [6.07, 6.45) is 3.52. The highest BCUT2D eigenvalue weighted by Gasteiger charge is 2.21. The number of carbonyl (C=O) groups excluding carboxylic acids is 1. The Balaban J connectivity index is 1.81. The molecule has 0 atom stereocenters. The van der Waals surface area contributed by atoms with Crippen LogP contribution >= 0.6 is 11.8 Å². The van der Waals surface area contributed by atoms with Gasteiger partial charge in [0.15, 0.2) is 11.0 Å². The first-order valence-electron chi connectivity index (χ1n) is 10.3. The number of aromatic nitrogens is 3. The quantitative estimate of drug-likeness (QED) is 0.435. The van der Waals surface area contributed by atoms with Crippen molar-refractivity contribution in [2.45, 2.75) is 63.9 Å². The number of nitrogens with zero attached hydrogens (tertiary/aromatic N) is 4. The van der Waals surface area contributed by atoms with Crippen molar-refractivity contribution in [1.29, 1.82) is 0 Å². The molecule has 1 aromatic heterocycles. The third-order valence-corrected chi connectivity index (χ3v) is 5.48. The Morgan fingerprint density at radius 2 is 1.81 bits per heavy atom. The van der Waals surface area contributed by atoms with E-state index in [2.05, 4.69) is 19.8 Å². The fraction of sp³-hybridized carbons (Fsp3) is 0.571. The van der Waals surface area contributed by atoms with Gasteiger partial charge in [0.05, 0.1) is 12.3 Å². The van der Waals surface area contributed by atoms with Gasteiger partial charge in [-0.3, -0.25) is 14.3 Å². The molecule has 1 aliphatic rings. The Morgan fingerprint density at radius 1 is 1.13 bits per heavy atom. The van der Waals surface area contributed by atoms with Gasteiger partial charge in [-0.2, -0.15) is 8.78 Å². The Bertz CT molecular complexity index is 863. The molecule has 170 valence electrons. The highest BCUT2D eigenvalue weighted by Crippen LogP contribution is 2.26. The molecule has 31 heavy (non-hydrogen) atoms. The molecule has 7 nitrogen and oxygen atoms in total. The van der Waals surface area contributed by atoms with Crippen molar-refractivity contribution in [3.63, 3.8) is 0 Å². The summed E-state index contributed by atoms with van der Waals surface area (Å²) in [6.45, 7) is 5.18. The van der Waals surface area contributed by atoms with Crippen LogP contribution in [0, 0.1) is 0 Å². The number of esters is 1. The molecule has 10 heteroatoms. The topological polar surface area (TPSA) is 69.5 Å². The zero-order chi connectivity index (χ0) is 22.4. The lowest BCUT2D eigenvalue weighted by Crippen LogP contribution is -2.30. The Morgan fingerprint density at radius 3 is 2.42 bits per heavy atom. The first-order valence-corrected chi connectivity index (χ1v) is 11.3. The number of carbonyl (C=O) groups is 1. The minimum Gasteiger partial charge on any atom is -0.459 e. The lowest BCUT2D eigenvalue weighted by atomic mass is 10.1. The summed E-state index contributed by atoms with van der Waals surface area (Å²) in [6, 6.07) is 6.32. The molecular weight excluding hydrogens is 426 g/mol. The maximum Gasteiger partial charge on any atom is 0.387 e. The van der Waals surface area contributed by atoms with Gasteiger partial charge in [-0.1, -0.05) is 18.2 Å². The smallest absolute Gasteiger partial charge is 0.387 e. The van der Waals surface area contributed by atoms with E-state index in [-0.39, 0.29) is 17.5 Å². The van der Waals surface area contributed by atoms with Crippen LogP contribution in [0.2, 0.25) is 0 Å². The highest BCUT2D eigenvalue weighted by molar-refractivity contribution is 7.99. The van der Waals surface area contributed by atoms with Gasteiger partial charge in [0.1, 0.15) is 11.4 Å². The molecular formula is C21H28F2N4O3S. The van der Waals surface area contributed by atoms with Crippen LogP contribution in [-0.4, -0.2) is 56.7 Å². The van der Waals surface area contributed by atoms with E-state index >= 15 is 0 Å². The van der Waals surface area contributed by atoms with E-state index in [1.165, 1.54) is 30.3 Å². The van der Waals surface area contributed by atoms with Crippen LogP contribution in [0.15, 0.2) is 29.4 Å². The van der Waals surface area contributed by atoms with E-state index in [0.717, 1.165) is 31.8 Å². The molecule has 1 aromatic carbocycles. The third-order valence-electron chi connectivity index (χ3n) is 4.57. The van der Waals surface area contributed by atoms with Crippen LogP contribution < -0.4 is 4.74 Å². The number of ether oxygens (including phenoxy) is 2. The number of hydrogen-bond donors (Lipinski definition) is 0. The summed E-state index contributed by atoms with van der Waals surface area (Å²) in [4.78, 5) is 14.5. The number of thioether (sulfide) groups is 1. The summed E-state index contributed by atoms with van der Waals surface area (Å²) < 4.78 is 36.6. The molecule has 1 aliphatic heterocycles. The molecule has 2 heterocycles. The number of hydrogen-bond acceptors (Lipinski definition) is 7. The van der Waals surface area contributed by atoms with Crippen molar-refractivity contribution in [3.8, 4) is 11.4 Å². The highest BCUT2D eigenvalue weighted by atomic mass is 32.2. The largest absolute Gasteiger partial charge is 0.459 e. The van der Waals surface area contributed by atoms with Crippen molar-refractivity contribution in [1.82, 2.24) is 19.7 Å². The first kappa shape index (κ1) is 23.5.